The van der Waals surface area contributed by atoms with Gasteiger partial charge in [-0.2, -0.15) is 0 Å². The van der Waals surface area contributed by atoms with Crippen molar-refractivity contribution in [3.8, 4) is 5.75 Å². The lowest BCUT2D eigenvalue weighted by Gasteiger charge is -2.22. The van der Waals surface area contributed by atoms with Crippen LogP contribution in [0, 0.1) is 0 Å². The quantitative estimate of drug-likeness (QED) is 0.837. The van der Waals surface area contributed by atoms with Gasteiger partial charge in [-0.3, -0.25) is 4.79 Å². The Morgan fingerprint density at radius 2 is 1.65 bits per heavy atom. The minimum atomic E-state index is -1.60. The zero-order valence-corrected chi connectivity index (χ0v) is 12.1. The molecule has 0 bridgehead atoms. The number of hydrogen-bond acceptors (Lipinski definition) is 2. The molecule has 1 N–H and O–H groups in total. The van der Waals surface area contributed by atoms with Gasteiger partial charge in [0, 0.05) is 0 Å². The molecule has 0 aliphatic rings. The second-order valence-electron chi connectivity index (χ2n) is 5.67. The third-order valence-corrected chi connectivity index (χ3v) is 3.38. The molecule has 0 radical (unpaired) electrons. The molecule has 1 aromatic carbocycles. The van der Waals surface area contributed by atoms with Gasteiger partial charge in [-0.15, -0.1) is 0 Å². The van der Waals surface area contributed by atoms with E-state index in [1.165, 1.54) is 0 Å². The predicted molar refractivity (Wildman–Crippen MR) is 71.1 cm³/mol. The normalized spacial score (nSPS) is 12.3. The van der Waals surface area contributed by atoms with E-state index in [2.05, 4.69) is 19.6 Å². The van der Waals surface area contributed by atoms with Crippen LogP contribution in [0.15, 0.2) is 24.3 Å². The van der Waals surface area contributed by atoms with Gasteiger partial charge in [-0.05, 0) is 51.2 Å². The fourth-order valence-corrected chi connectivity index (χ4v) is 2.26. The maximum Gasteiger partial charge on any atom is 0.313 e. The molecule has 0 unspecified atom stereocenters. The molecule has 0 saturated carbocycles. The van der Waals surface area contributed by atoms with Crippen molar-refractivity contribution in [3.63, 3.8) is 0 Å². The summed E-state index contributed by atoms with van der Waals surface area (Å²) in [7, 11) is -1.60. The monoisotopic (exact) mass is 252 g/mol. The van der Waals surface area contributed by atoms with E-state index in [9.17, 15) is 4.79 Å². The van der Waals surface area contributed by atoms with Crippen molar-refractivity contribution in [1.82, 2.24) is 0 Å². The first-order valence-corrected chi connectivity index (χ1v) is 9.07. The van der Waals surface area contributed by atoms with E-state index in [4.69, 9.17) is 9.53 Å². The van der Waals surface area contributed by atoms with Gasteiger partial charge in [-0.25, -0.2) is 0 Å². The molecule has 4 heteroatoms. The van der Waals surface area contributed by atoms with E-state index >= 15 is 0 Å². The first kappa shape index (κ1) is 13.8. The van der Waals surface area contributed by atoms with Gasteiger partial charge in [0.05, 0.1) is 5.41 Å². The minimum absolute atomic E-state index is 0.785. The molecular weight excluding hydrogens is 232 g/mol. The van der Waals surface area contributed by atoms with Crippen molar-refractivity contribution >= 4 is 14.3 Å². The molecule has 0 fully saturated rings. The van der Waals surface area contributed by atoms with Crippen molar-refractivity contribution in [1.29, 1.82) is 0 Å². The zero-order chi connectivity index (χ0) is 13.3. The van der Waals surface area contributed by atoms with E-state index in [0.717, 1.165) is 11.3 Å². The lowest BCUT2D eigenvalue weighted by molar-refractivity contribution is -0.142. The highest BCUT2D eigenvalue weighted by Crippen LogP contribution is 2.26. The molecule has 0 amide bonds. The fourth-order valence-electron chi connectivity index (χ4n) is 1.42. The Hall–Kier alpha value is -1.29. The third kappa shape index (κ3) is 3.59. The van der Waals surface area contributed by atoms with Gasteiger partial charge >= 0.3 is 5.97 Å². The topological polar surface area (TPSA) is 46.5 Å². The van der Waals surface area contributed by atoms with Gasteiger partial charge in [0.15, 0.2) is 0 Å². The van der Waals surface area contributed by atoms with Crippen molar-refractivity contribution in [3.05, 3.63) is 29.8 Å². The molecule has 1 aromatic rings. The van der Waals surface area contributed by atoms with Crippen LogP contribution in [0.3, 0.4) is 0 Å². The number of rotatable bonds is 4. The van der Waals surface area contributed by atoms with Crippen LogP contribution in [0.2, 0.25) is 19.6 Å². The van der Waals surface area contributed by atoms with Gasteiger partial charge in [0.1, 0.15) is 5.75 Å². The Kier molecular flexibility index (Phi) is 3.67. The van der Waals surface area contributed by atoms with Crippen molar-refractivity contribution in [2.24, 2.45) is 0 Å². The van der Waals surface area contributed by atoms with Crippen molar-refractivity contribution in [2.45, 2.75) is 38.9 Å². The molecular formula is C13H20O3Si. The van der Waals surface area contributed by atoms with Crippen LogP contribution in [0.5, 0.6) is 5.75 Å². The Morgan fingerprint density at radius 1 is 1.18 bits per heavy atom. The minimum Gasteiger partial charge on any atom is -0.544 e. The maximum atomic E-state index is 11.1. The van der Waals surface area contributed by atoms with E-state index < -0.39 is 19.7 Å². The molecule has 0 aliphatic heterocycles. The van der Waals surface area contributed by atoms with Gasteiger partial charge in [0.2, 0.25) is 8.32 Å². The largest absolute Gasteiger partial charge is 0.544 e. The van der Waals surface area contributed by atoms with Crippen LogP contribution >= 0.6 is 0 Å². The van der Waals surface area contributed by atoms with Gasteiger partial charge < -0.3 is 9.53 Å². The summed E-state index contributed by atoms with van der Waals surface area (Å²) < 4.78 is 5.82. The highest BCUT2D eigenvalue weighted by atomic mass is 28.4. The molecule has 94 valence electrons. The van der Waals surface area contributed by atoms with Crippen LogP contribution < -0.4 is 4.43 Å². The fraction of sp³-hybridized carbons (Fsp3) is 0.462. The number of aliphatic carboxylic acids is 1. The van der Waals surface area contributed by atoms with E-state index in [1.54, 1.807) is 13.8 Å². The summed E-state index contributed by atoms with van der Waals surface area (Å²) in [6.07, 6.45) is 0. The van der Waals surface area contributed by atoms with Gasteiger partial charge in [-0.1, -0.05) is 12.1 Å². The van der Waals surface area contributed by atoms with Crippen molar-refractivity contribution < 1.29 is 14.3 Å². The number of carbonyl (C=O) groups is 1. The molecule has 3 nitrogen and oxygen atoms in total. The summed E-state index contributed by atoms with van der Waals surface area (Å²) in [4.78, 5) is 11.1. The maximum absolute atomic E-state index is 11.1. The van der Waals surface area contributed by atoms with Crippen LogP contribution in [0.1, 0.15) is 19.4 Å². The Morgan fingerprint density at radius 3 is 2.00 bits per heavy atom. The highest BCUT2D eigenvalue weighted by Gasteiger charge is 2.29. The average Bonchev–Trinajstić information content (AvgIpc) is 2.15. The first-order chi connectivity index (χ1) is 7.63. The summed E-state index contributed by atoms with van der Waals surface area (Å²) in [6, 6.07) is 7.34. The summed E-state index contributed by atoms with van der Waals surface area (Å²) in [5.74, 6) is -0.00882. The summed E-state index contributed by atoms with van der Waals surface area (Å²) >= 11 is 0. The number of benzene rings is 1. The SMILES string of the molecule is CC(C)(C(=O)O)c1ccc(O[Si](C)(C)C)cc1. The molecule has 0 atom stereocenters. The van der Waals surface area contributed by atoms with E-state index in [1.807, 2.05) is 24.3 Å². The third-order valence-electron chi connectivity index (χ3n) is 2.53. The van der Waals surface area contributed by atoms with Crippen LogP contribution in [-0.2, 0) is 10.2 Å². The molecule has 0 saturated heterocycles. The molecule has 1 rings (SSSR count). The lowest BCUT2D eigenvalue weighted by atomic mass is 9.85. The highest BCUT2D eigenvalue weighted by molar-refractivity contribution is 6.70. The standard InChI is InChI=1S/C13H20O3Si/c1-13(2,12(14)15)10-6-8-11(9-7-10)16-17(3,4)5/h6-9H,1-5H3,(H,14,15). The predicted octanol–water partition coefficient (Wildman–Crippen LogP) is 3.26. The molecule has 0 aromatic heterocycles. The Bertz CT molecular complexity index is 402. The number of carboxylic acid groups (broad SMARTS) is 1. The number of hydrogen-bond donors (Lipinski definition) is 1. The zero-order valence-electron chi connectivity index (χ0n) is 11.1. The smallest absolute Gasteiger partial charge is 0.313 e. The van der Waals surface area contributed by atoms with Crippen LogP contribution in [0.25, 0.3) is 0 Å². The van der Waals surface area contributed by atoms with Crippen LogP contribution in [0.4, 0.5) is 0 Å². The summed E-state index contributed by atoms with van der Waals surface area (Å²) in [6.45, 7) is 9.74. The molecule has 17 heavy (non-hydrogen) atoms. The molecule has 0 heterocycles. The van der Waals surface area contributed by atoms with Crippen molar-refractivity contribution in [2.75, 3.05) is 0 Å². The Labute approximate surface area is 104 Å². The summed E-state index contributed by atoms with van der Waals surface area (Å²) in [5, 5.41) is 9.13. The molecule has 0 spiro atoms. The average molecular weight is 252 g/mol. The second-order valence-corrected chi connectivity index (χ2v) is 10.1. The number of carboxylic acids is 1. The van der Waals surface area contributed by atoms with Crippen LogP contribution in [-0.4, -0.2) is 19.4 Å². The second kappa shape index (κ2) is 4.53. The Balaban J connectivity index is 2.93. The van der Waals surface area contributed by atoms with E-state index in [0.29, 0.717) is 0 Å². The summed E-state index contributed by atoms with van der Waals surface area (Å²) in [5.41, 5.74) is -0.0783. The molecule has 0 aliphatic carbocycles. The van der Waals surface area contributed by atoms with E-state index in [-0.39, 0.29) is 0 Å². The van der Waals surface area contributed by atoms with Gasteiger partial charge in [0.25, 0.3) is 0 Å². The first-order valence-electron chi connectivity index (χ1n) is 5.66. The lowest BCUT2D eigenvalue weighted by Crippen LogP contribution is -2.30.